The molecule has 0 radical (unpaired) electrons. The molecular formula is C11H16O2S. The van der Waals surface area contributed by atoms with Gasteiger partial charge in [-0.1, -0.05) is 32.1 Å². The molecule has 0 saturated carbocycles. The molecule has 0 amide bonds. The molecule has 2 nitrogen and oxygen atoms in total. The summed E-state index contributed by atoms with van der Waals surface area (Å²) in [6.07, 6.45) is 8.73. The predicted molar refractivity (Wildman–Crippen MR) is 59.6 cm³/mol. The molecule has 0 fully saturated rings. The maximum atomic E-state index is 11.4. The van der Waals surface area contributed by atoms with E-state index in [1.807, 2.05) is 39.0 Å². The van der Waals surface area contributed by atoms with Gasteiger partial charge in [0.25, 0.3) is 0 Å². The molecule has 0 aromatic rings. The highest BCUT2D eigenvalue weighted by Gasteiger charge is 2.17. The SMILES string of the molecule is CC1=C(S(C)(=O)=O)C=CC(C)(C)C=C1. The zero-order chi connectivity index (χ0) is 11.0. The third kappa shape index (κ3) is 2.58. The van der Waals surface area contributed by atoms with Crippen molar-refractivity contribution in [3.05, 3.63) is 34.8 Å². The van der Waals surface area contributed by atoms with Gasteiger partial charge in [0.15, 0.2) is 9.84 Å². The minimum Gasteiger partial charge on any atom is -0.224 e. The van der Waals surface area contributed by atoms with E-state index in [9.17, 15) is 8.42 Å². The topological polar surface area (TPSA) is 34.1 Å². The van der Waals surface area contributed by atoms with Crippen LogP contribution in [0.25, 0.3) is 0 Å². The standard InChI is InChI=1S/C11H16O2S/c1-9-5-7-11(2,3)8-6-10(9)14(4,12)13/h5-8H,1-4H3. The van der Waals surface area contributed by atoms with Crippen molar-refractivity contribution in [2.45, 2.75) is 20.8 Å². The first-order valence-corrected chi connectivity index (χ1v) is 6.41. The van der Waals surface area contributed by atoms with Gasteiger partial charge >= 0.3 is 0 Å². The Morgan fingerprint density at radius 1 is 1.14 bits per heavy atom. The summed E-state index contributed by atoms with van der Waals surface area (Å²) in [5.41, 5.74) is 0.725. The van der Waals surface area contributed by atoms with E-state index in [1.54, 1.807) is 6.08 Å². The zero-order valence-corrected chi connectivity index (χ0v) is 9.85. The van der Waals surface area contributed by atoms with Crippen LogP contribution in [0, 0.1) is 5.41 Å². The maximum absolute atomic E-state index is 11.4. The highest BCUT2D eigenvalue weighted by atomic mass is 32.2. The molecule has 14 heavy (non-hydrogen) atoms. The third-order valence-electron chi connectivity index (χ3n) is 2.22. The summed E-state index contributed by atoms with van der Waals surface area (Å²) in [5.74, 6) is 0. The van der Waals surface area contributed by atoms with Gasteiger partial charge in [0.1, 0.15) is 0 Å². The molecule has 0 unspecified atom stereocenters. The molecule has 1 aliphatic rings. The molecule has 0 aromatic heterocycles. The fourth-order valence-corrected chi connectivity index (χ4v) is 2.28. The summed E-state index contributed by atoms with van der Waals surface area (Å²) in [6, 6.07) is 0. The van der Waals surface area contributed by atoms with Crippen LogP contribution in [0.5, 0.6) is 0 Å². The maximum Gasteiger partial charge on any atom is 0.175 e. The lowest BCUT2D eigenvalue weighted by Crippen LogP contribution is -2.02. The number of allylic oxidation sites excluding steroid dienone is 5. The van der Waals surface area contributed by atoms with Crippen LogP contribution in [-0.2, 0) is 9.84 Å². The quantitative estimate of drug-likeness (QED) is 0.669. The second-order valence-electron chi connectivity index (χ2n) is 4.31. The van der Waals surface area contributed by atoms with Crippen molar-refractivity contribution in [2.24, 2.45) is 5.41 Å². The molecule has 0 atom stereocenters. The summed E-state index contributed by atoms with van der Waals surface area (Å²) in [6.45, 7) is 5.90. The van der Waals surface area contributed by atoms with Crippen molar-refractivity contribution >= 4 is 9.84 Å². The van der Waals surface area contributed by atoms with E-state index in [0.29, 0.717) is 4.91 Å². The van der Waals surface area contributed by atoms with Crippen LogP contribution >= 0.6 is 0 Å². The lowest BCUT2D eigenvalue weighted by molar-refractivity contribution is 0.608. The molecule has 0 bridgehead atoms. The van der Waals surface area contributed by atoms with Gasteiger partial charge in [-0.15, -0.1) is 0 Å². The van der Waals surface area contributed by atoms with Gasteiger partial charge in [0.2, 0.25) is 0 Å². The summed E-state index contributed by atoms with van der Waals surface area (Å²) in [5, 5.41) is 0. The highest BCUT2D eigenvalue weighted by molar-refractivity contribution is 7.94. The Morgan fingerprint density at radius 2 is 1.64 bits per heavy atom. The van der Waals surface area contributed by atoms with E-state index in [-0.39, 0.29) is 5.41 Å². The number of sulfone groups is 1. The number of hydrogen-bond donors (Lipinski definition) is 0. The molecule has 3 heteroatoms. The summed E-state index contributed by atoms with van der Waals surface area (Å²) >= 11 is 0. The first-order valence-electron chi connectivity index (χ1n) is 4.52. The van der Waals surface area contributed by atoms with E-state index < -0.39 is 9.84 Å². The van der Waals surface area contributed by atoms with E-state index in [2.05, 4.69) is 0 Å². The Morgan fingerprint density at radius 3 is 2.14 bits per heavy atom. The largest absolute Gasteiger partial charge is 0.224 e. The summed E-state index contributed by atoms with van der Waals surface area (Å²) in [4.78, 5) is 0.416. The summed E-state index contributed by atoms with van der Waals surface area (Å²) in [7, 11) is -3.11. The average molecular weight is 212 g/mol. The van der Waals surface area contributed by atoms with Gasteiger partial charge < -0.3 is 0 Å². The molecule has 0 N–H and O–H groups in total. The van der Waals surface area contributed by atoms with Crippen molar-refractivity contribution in [1.82, 2.24) is 0 Å². The Labute approximate surface area is 85.9 Å². The Kier molecular flexibility index (Phi) is 2.72. The monoisotopic (exact) mass is 212 g/mol. The van der Waals surface area contributed by atoms with Gasteiger partial charge in [0.05, 0.1) is 4.91 Å². The minimum absolute atomic E-state index is 0.0757. The Hall–Kier alpha value is -0.830. The molecule has 0 spiro atoms. The van der Waals surface area contributed by atoms with Gasteiger partial charge in [-0.05, 0) is 18.6 Å². The van der Waals surface area contributed by atoms with Crippen LogP contribution in [-0.4, -0.2) is 14.7 Å². The minimum atomic E-state index is -3.11. The smallest absolute Gasteiger partial charge is 0.175 e. The highest BCUT2D eigenvalue weighted by Crippen LogP contribution is 2.27. The molecule has 1 aliphatic carbocycles. The fraction of sp³-hybridized carbons (Fsp3) is 0.455. The lowest BCUT2D eigenvalue weighted by atomic mass is 9.93. The number of rotatable bonds is 1. The van der Waals surface area contributed by atoms with Crippen LogP contribution in [0.2, 0.25) is 0 Å². The molecular weight excluding hydrogens is 196 g/mol. The second kappa shape index (κ2) is 3.39. The second-order valence-corrected chi connectivity index (χ2v) is 6.29. The van der Waals surface area contributed by atoms with Crippen LogP contribution in [0.15, 0.2) is 34.8 Å². The van der Waals surface area contributed by atoms with E-state index >= 15 is 0 Å². The van der Waals surface area contributed by atoms with Crippen molar-refractivity contribution in [3.8, 4) is 0 Å². The van der Waals surface area contributed by atoms with Gasteiger partial charge in [-0.3, -0.25) is 0 Å². The molecule has 0 heterocycles. The first-order chi connectivity index (χ1) is 6.22. The molecule has 78 valence electrons. The normalized spacial score (nSPS) is 21.1. The third-order valence-corrected chi connectivity index (χ3v) is 3.47. The van der Waals surface area contributed by atoms with Gasteiger partial charge in [-0.25, -0.2) is 8.42 Å². The fourth-order valence-electron chi connectivity index (χ4n) is 1.32. The average Bonchev–Trinajstić information content (AvgIpc) is 2.09. The van der Waals surface area contributed by atoms with Crippen LogP contribution in [0.4, 0.5) is 0 Å². The molecule has 0 aliphatic heterocycles. The van der Waals surface area contributed by atoms with Crippen molar-refractivity contribution in [1.29, 1.82) is 0 Å². The van der Waals surface area contributed by atoms with Crippen molar-refractivity contribution in [3.63, 3.8) is 0 Å². The lowest BCUT2D eigenvalue weighted by Gasteiger charge is -2.12. The Balaban J connectivity index is 3.29. The van der Waals surface area contributed by atoms with E-state index in [1.165, 1.54) is 6.26 Å². The van der Waals surface area contributed by atoms with Crippen molar-refractivity contribution in [2.75, 3.05) is 6.26 Å². The number of hydrogen-bond acceptors (Lipinski definition) is 2. The van der Waals surface area contributed by atoms with Crippen LogP contribution in [0.3, 0.4) is 0 Å². The van der Waals surface area contributed by atoms with E-state index in [4.69, 9.17) is 0 Å². The molecule has 0 saturated heterocycles. The summed E-state index contributed by atoms with van der Waals surface area (Å²) < 4.78 is 22.8. The zero-order valence-electron chi connectivity index (χ0n) is 9.03. The first kappa shape index (κ1) is 11.2. The van der Waals surface area contributed by atoms with Crippen molar-refractivity contribution < 1.29 is 8.42 Å². The van der Waals surface area contributed by atoms with E-state index in [0.717, 1.165) is 5.57 Å². The van der Waals surface area contributed by atoms with Gasteiger partial charge in [-0.2, -0.15) is 0 Å². The molecule has 0 aromatic carbocycles. The van der Waals surface area contributed by atoms with Gasteiger partial charge in [0, 0.05) is 11.7 Å². The molecule has 1 rings (SSSR count). The Bertz CT molecular complexity index is 420. The van der Waals surface area contributed by atoms with Crippen LogP contribution in [0.1, 0.15) is 20.8 Å². The van der Waals surface area contributed by atoms with Crippen LogP contribution < -0.4 is 0 Å². The predicted octanol–water partition coefficient (Wildman–Crippen LogP) is 2.46.